The van der Waals surface area contributed by atoms with Gasteiger partial charge in [-0.25, -0.2) is 0 Å². The van der Waals surface area contributed by atoms with Crippen LogP contribution < -0.4 is 4.74 Å². The third kappa shape index (κ3) is 5.06. The van der Waals surface area contributed by atoms with E-state index in [1.54, 1.807) is 18.0 Å². The van der Waals surface area contributed by atoms with Crippen molar-refractivity contribution >= 4 is 5.91 Å². The molecule has 1 amide bonds. The molecular weight excluding hydrogens is 484 g/mol. The van der Waals surface area contributed by atoms with Crippen LogP contribution in [0.25, 0.3) is 0 Å². The van der Waals surface area contributed by atoms with Crippen molar-refractivity contribution in [3.8, 4) is 5.75 Å². The van der Waals surface area contributed by atoms with Gasteiger partial charge in [-0.15, -0.1) is 0 Å². The smallest absolute Gasteiger partial charge is 0.222 e. The number of likely N-dealkylation sites (tertiary alicyclic amines) is 1. The molecule has 5 nitrogen and oxygen atoms in total. The summed E-state index contributed by atoms with van der Waals surface area (Å²) in [5.74, 6) is 4.92. The summed E-state index contributed by atoms with van der Waals surface area (Å²) in [6.45, 7) is 9.18. The minimum absolute atomic E-state index is 0.124. The number of aliphatic hydroxyl groups is 1. The number of fused-ring (bicyclic) bond motifs is 5. The van der Waals surface area contributed by atoms with Crippen LogP contribution in [0, 0.1) is 40.4 Å². The number of carbonyl (C=O) groups is 1. The van der Waals surface area contributed by atoms with Gasteiger partial charge in [-0.05, 0) is 110 Å². The summed E-state index contributed by atoms with van der Waals surface area (Å²) in [6.07, 6.45) is 19.3. The van der Waals surface area contributed by atoms with Crippen LogP contribution in [0.2, 0.25) is 0 Å². The van der Waals surface area contributed by atoms with Crippen LogP contribution in [0.1, 0.15) is 97.8 Å². The number of hydrogen-bond donors (Lipinski definition) is 1. The topological polar surface area (TPSA) is 62.7 Å². The lowest BCUT2D eigenvalue weighted by Crippen LogP contribution is -2.50. The number of rotatable bonds is 6. The molecule has 214 valence electrons. The highest BCUT2D eigenvalue weighted by molar-refractivity contribution is 5.76. The SMILES string of the molecule is CC(CCC(=O)N1CCC(Oc2cccnc2)CC1)[C@H]1CC[C@H]2[C@@H]3CC=C4C[C@@H](O)CC[C@]4(C)[C@H]3CC[C@]12C. The maximum Gasteiger partial charge on any atom is 0.222 e. The molecule has 39 heavy (non-hydrogen) atoms. The zero-order valence-electron chi connectivity index (χ0n) is 24.5. The van der Waals surface area contributed by atoms with Crippen LogP contribution >= 0.6 is 0 Å². The molecule has 0 spiro atoms. The second-order valence-electron chi connectivity index (χ2n) is 14.3. The number of nitrogens with zero attached hydrogens (tertiary/aromatic N) is 2. The number of aromatic nitrogens is 1. The third-order valence-corrected chi connectivity index (χ3v) is 12.4. The molecule has 1 saturated heterocycles. The summed E-state index contributed by atoms with van der Waals surface area (Å²) < 4.78 is 6.07. The summed E-state index contributed by atoms with van der Waals surface area (Å²) in [4.78, 5) is 19.4. The minimum Gasteiger partial charge on any atom is -0.489 e. The first-order valence-corrected chi connectivity index (χ1v) is 16.0. The van der Waals surface area contributed by atoms with Gasteiger partial charge in [0.05, 0.1) is 12.3 Å². The van der Waals surface area contributed by atoms with E-state index in [0.717, 1.165) is 74.6 Å². The summed E-state index contributed by atoms with van der Waals surface area (Å²) in [6, 6.07) is 3.86. The molecule has 6 rings (SSSR count). The van der Waals surface area contributed by atoms with E-state index in [4.69, 9.17) is 4.74 Å². The lowest BCUT2D eigenvalue weighted by atomic mass is 9.47. The first kappa shape index (κ1) is 27.3. The molecular formula is C34H50N2O3. The number of pyridine rings is 1. The zero-order valence-corrected chi connectivity index (χ0v) is 24.5. The fraction of sp³-hybridized carbons (Fsp3) is 0.765. The molecule has 1 unspecified atom stereocenters. The van der Waals surface area contributed by atoms with E-state index in [1.165, 1.54) is 38.5 Å². The second kappa shape index (κ2) is 10.8. The van der Waals surface area contributed by atoms with E-state index < -0.39 is 0 Å². The maximum atomic E-state index is 13.2. The lowest BCUT2D eigenvalue weighted by Gasteiger charge is -2.58. The number of ether oxygens (including phenoxy) is 1. The number of carbonyl (C=O) groups excluding carboxylic acids is 1. The van der Waals surface area contributed by atoms with Crippen LogP contribution in [0.15, 0.2) is 36.2 Å². The Morgan fingerprint density at radius 1 is 1.13 bits per heavy atom. The number of aliphatic hydroxyl groups excluding tert-OH is 1. The van der Waals surface area contributed by atoms with Gasteiger partial charge in [-0.2, -0.15) is 0 Å². The van der Waals surface area contributed by atoms with E-state index >= 15 is 0 Å². The Labute approximate surface area is 235 Å². The van der Waals surface area contributed by atoms with Crippen molar-refractivity contribution in [3.05, 3.63) is 36.2 Å². The van der Waals surface area contributed by atoms with Gasteiger partial charge in [0, 0.05) is 38.5 Å². The Kier molecular flexibility index (Phi) is 7.58. The van der Waals surface area contributed by atoms with Gasteiger partial charge in [0.2, 0.25) is 5.91 Å². The van der Waals surface area contributed by atoms with E-state index in [-0.39, 0.29) is 12.2 Å². The summed E-state index contributed by atoms with van der Waals surface area (Å²) in [5, 5.41) is 10.3. The second-order valence-corrected chi connectivity index (χ2v) is 14.3. The summed E-state index contributed by atoms with van der Waals surface area (Å²) in [5.41, 5.74) is 2.30. The maximum absolute atomic E-state index is 13.2. The molecule has 1 aromatic rings. The first-order chi connectivity index (χ1) is 18.8. The molecule has 5 heteroatoms. The monoisotopic (exact) mass is 534 g/mol. The van der Waals surface area contributed by atoms with E-state index in [2.05, 4.69) is 36.7 Å². The van der Waals surface area contributed by atoms with E-state index in [1.807, 2.05) is 12.1 Å². The Bertz CT molecular complexity index is 1050. The van der Waals surface area contributed by atoms with Crippen LogP contribution in [-0.2, 0) is 4.79 Å². The van der Waals surface area contributed by atoms with Crippen molar-refractivity contribution in [1.29, 1.82) is 0 Å². The minimum atomic E-state index is -0.124. The Morgan fingerprint density at radius 2 is 1.95 bits per heavy atom. The van der Waals surface area contributed by atoms with Crippen molar-refractivity contribution in [3.63, 3.8) is 0 Å². The first-order valence-electron chi connectivity index (χ1n) is 16.0. The normalized spacial score (nSPS) is 39.2. The largest absolute Gasteiger partial charge is 0.489 e. The number of amides is 1. The molecule has 0 bridgehead atoms. The van der Waals surface area contributed by atoms with Gasteiger partial charge < -0.3 is 14.7 Å². The number of hydrogen-bond acceptors (Lipinski definition) is 4. The van der Waals surface area contributed by atoms with Crippen LogP contribution in [0.3, 0.4) is 0 Å². The van der Waals surface area contributed by atoms with Gasteiger partial charge in [-0.3, -0.25) is 9.78 Å². The van der Waals surface area contributed by atoms with Crippen molar-refractivity contribution in [2.45, 2.75) is 110 Å². The Morgan fingerprint density at radius 3 is 2.72 bits per heavy atom. The Balaban J connectivity index is 1.02. The molecule has 0 radical (unpaired) electrons. The third-order valence-electron chi connectivity index (χ3n) is 12.4. The van der Waals surface area contributed by atoms with Crippen LogP contribution in [0.4, 0.5) is 0 Å². The van der Waals surface area contributed by atoms with Gasteiger partial charge in [0.1, 0.15) is 11.9 Å². The van der Waals surface area contributed by atoms with Crippen molar-refractivity contribution in [1.82, 2.24) is 9.88 Å². The van der Waals surface area contributed by atoms with Crippen molar-refractivity contribution in [2.75, 3.05) is 13.1 Å². The molecule has 2 heterocycles. The predicted octanol–water partition coefficient (Wildman–Crippen LogP) is 6.81. The molecule has 4 aliphatic carbocycles. The standard InChI is InChI=1S/C34H50N2O3/c1-23(6-11-32(38)36-19-14-26(15-20-36)39-27-5-4-18-35-22-27)29-9-10-30-28-8-7-24-21-25(37)12-16-33(24,2)31(28)13-17-34(29,30)3/h4-5,7,18,22-23,25-26,28-31,37H,6,8-17,19-21H2,1-3H3/t23?,25-,28-,29+,30-,31-,33-,34+/m0/s1. The highest BCUT2D eigenvalue weighted by Crippen LogP contribution is 2.67. The molecule has 1 aliphatic heterocycles. The number of allylic oxidation sites excluding steroid dienone is 1. The quantitative estimate of drug-likeness (QED) is 0.407. The van der Waals surface area contributed by atoms with Gasteiger partial charge in [0.15, 0.2) is 0 Å². The highest BCUT2D eigenvalue weighted by Gasteiger charge is 2.59. The molecule has 3 saturated carbocycles. The fourth-order valence-electron chi connectivity index (χ4n) is 10.2. The highest BCUT2D eigenvalue weighted by atomic mass is 16.5. The number of piperidine rings is 1. The van der Waals surface area contributed by atoms with Crippen molar-refractivity contribution < 1.29 is 14.6 Å². The zero-order chi connectivity index (χ0) is 27.2. The van der Waals surface area contributed by atoms with Crippen LogP contribution in [0.5, 0.6) is 5.75 Å². The molecule has 8 atom stereocenters. The lowest BCUT2D eigenvalue weighted by molar-refractivity contribution is -0.133. The summed E-state index contributed by atoms with van der Waals surface area (Å²) >= 11 is 0. The van der Waals surface area contributed by atoms with E-state index in [9.17, 15) is 9.90 Å². The van der Waals surface area contributed by atoms with Crippen molar-refractivity contribution in [2.24, 2.45) is 40.4 Å². The molecule has 0 aromatic carbocycles. The average molecular weight is 535 g/mol. The molecule has 1 N–H and O–H groups in total. The van der Waals surface area contributed by atoms with Gasteiger partial charge >= 0.3 is 0 Å². The predicted molar refractivity (Wildman–Crippen MR) is 154 cm³/mol. The van der Waals surface area contributed by atoms with Gasteiger partial charge in [-0.1, -0.05) is 32.4 Å². The molecule has 1 aromatic heterocycles. The molecule has 4 fully saturated rings. The van der Waals surface area contributed by atoms with Gasteiger partial charge in [0.25, 0.3) is 0 Å². The summed E-state index contributed by atoms with van der Waals surface area (Å²) in [7, 11) is 0. The fourth-order valence-corrected chi connectivity index (χ4v) is 10.2. The molecule has 5 aliphatic rings. The Hall–Kier alpha value is -1.88. The van der Waals surface area contributed by atoms with Crippen LogP contribution in [-0.4, -0.2) is 46.2 Å². The average Bonchev–Trinajstić information content (AvgIpc) is 3.30. The van der Waals surface area contributed by atoms with E-state index in [0.29, 0.717) is 29.1 Å².